The first-order valence-corrected chi connectivity index (χ1v) is 4.20. The summed E-state index contributed by atoms with van der Waals surface area (Å²) < 4.78 is 12.6. The van der Waals surface area contributed by atoms with Crippen LogP contribution in [0.3, 0.4) is 0 Å². The smallest absolute Gasteiger partial charge is 0.157 e. The molecule has 1 rings (SSSR count). The lowest BCUT2D eigenvalue weighted by molar-refractivity contribution is 0.615. The summed E-state index contributed by atoms with van der Waals surface area (Å²) in [6.07, 6.45) is 0. The quantitative estimate of drug-likeness (QED) is 0.570. The van der Waals surface area contributed by atoms with E-state index in [1.54, 1.807) is 6.07 Å². The van der Waals surface area contributed by atoms with E-state index in [1.165, 1.54) is 6.07 Å². The highest BCUT2D eigenvalue weighted by molar-refractivity contribution is 9.08. The maximum Gasteiger partial charge on any atom is 0.157 e. The maximum absolute atomic E-state index is 12.5. The lowest BCUT2D eigenvalue weighted by Crippen LogP contribution is -1.87. The van der Waals surface area contributed by atoms with Crippen LogP contribution in [0.1, 0.15) is 5.69 Å². The van der Waals surface area contributed by atoms with Crippen LogP contribution in [0.25, 0.3) is 0 Å². The summed E-state index contributed by atoms with van der Waals surface area (Å²) >= 11 is 7.87. The van der Waals surface area contributed by atoms with E-state index in [0.29, 0.717) is 5.33 Å². The molecule has 0 radical (unpaired) electrons. The normalized spacial score (nSPS) is 9.80. The van der Waals surface area contributed by atoms with Gasteiger partial charge in [-0.25, -0.2) is 4.39 Å². The first-order chi connectivity index (χ1) is 4.74. The molecule has 1 nitrogen and oxygen atoms in total. The van der Waals surface area contributed by atoms with Crippen molar-refractivity contribution >= 4 is 28.1 Å². The SMILES string of the molecule is Fc1ccc(CBr)[nH]c1=S. The van der Waals surface area contributed by atoms with Crippen molar-refractivity contribution in [3.63, 3.8) is 0 Å². The van der Waals surface area contributed by atoms with Gasteiger partial charge in [0.15, 0.2) is 5.82 Å². The molecular weight excluding hydrogens is 217 g/mol. The lowest BCUT2D eigenvalue weighted by Gasteiger charge is -1.94. The van der Waals surface area contributed by atoms with Gasteiger partial charge in [-0.2, -0.15) is 0 Å². The molecule has 0 amide bonds. The molecule has 0 spiro atoms. The third kappa shape index (κ3) is 1.64. The number of rotatable bonds is 1. The van der Waals surface area contributed by atoms with Gasteiger partial charge in [-0.3, -0.25) is 0 Å². The summed E-state index contributed by atoms with van der Waals surface area (Å²) in [7, 11) is 0. The third-order valence-corrected chi connectivity index (χ3v) is 1.97. The molecule has 4 heteroatoms. The molecule has 0 aliphatic carbocycles. The van der Waals surface area contributed by atoms with E-state index in [0.717, 1.165) is 5.69 Å². The Bertz CT molecular complexity index is 283. The number of H-pyrrole nitrogens is 1. The van der Waals surface area contributed by atoms with Crippen LogP contribution in [0.4, 0.5) is 4.39 Å². The molecule has 0 fully saturated rings. The fourth-order valence-corrected chi connectivity index (χ4v) is 1.10. The number of aromatic amines is 1. The van der Waals surface area contributed by atoms with Gasteiger partial charge in [-0.15, -0.1) is 0 Å². The zero-order chi connectivity index (χ0) is 7.56. The van der Waals surface area contributed by atoms with E-state index in [2.05, 4.69) is 33.1 Å². The molecule has 54 valence electrons. The van der Waals surface area contributed by atoms with Crippen molar-refractivity contribution in [1.82, 2.24) is 4.98 Å². The third-order valence-electron chi connectivity index (χ3n) is 1.07. The minimum Gasteiger partial charge on any atom is -0.347 e. The highest BCUT2D eigenvalue weighted by atomic mass is 79.9. The summed E-state index contributed by atoms with van der Waals surface area (Å²) in [6, 6.07) is 3.01. The molecule has 0 unspecified atom stereocenters. The molecule has 1 heterocycles. The Morgan fingerprint density at radius 3 is 2.80 bits per heavy atom. The van der Waals surface area contributed by atoms with Crippen molar-refractivity contribution < 1.29 is 4.39 Å². The second-order valence-electron chi connectivity index (χ2n) is 1.79. The van der Waals surface area contributed by atoms with Gasteiger partial charge in [-0.1, -0.05) is 28.1 Å². The maximum atomic E-state index is 12.5. The largest absolute Gasteiger partial charge is 0.347 e. The zero-order valence-electron chi connectivity index (χ0n) is 5.03. The van der Waals surface area contributed by atoms with E-state index in [9.17, 15) is 4.39 Å². The Labute approximate surface area is 71.4 Å². The highest BCUT2D eigenvalue weighted by Gasteiger charge is 1.93. The molecule has 0 aliphatic rings. The van der Waals surface area contributed by atoms with Gasteiger partial charge < -0.3 is 4.98 Å². The Kier molecular flexibility index (Phi) is 2.56. The molecule has 1 N–H and O–H groups in total. The van der Waals surface area contributed by atoms with Crippen LogP contribution in [0.15, 0.2) is 12.1 Å². The molecule has 0 atom stereocenters. The molecule has 10 heavy (non-hydrogen) atoms. The van der Waals surface area contributed by atoms with Crippen LogP contribution < -0.4 is 0 Å². The summed E-state index contributed by atoms with van der Waals surface area (Å²) in [5, 5.41) is 0.664. The van der Waals surface area contributed by atoms with Crippen molar-refractivity contribution in [3.8, 4) is 0 Å². The fraction of sp³-hybridized carbons (Fsp3) is 0.167. The molecular formula is C6H5BrFNS. The van der Waals surface area contributed by atoms with E-state index >= 15 is 0 Å². The molecule has 0 saturated heterocycles. The Morgan fingerprint density at radius 2 is 2.30 bits per heavy atom. The average molecular weight is 222 g/mol. The molecule has 0 bridgehead atoms. The van der Waals surface area contributed by atoms with Crippen LogP contribution in [0.5, 0.6) is 0 Å². The van der Waals surface area contributed by atoms with Crippen molar-refractivity contribution in [3.05, 3.63) is 28.3 Å². The first kappa shape index (κ1) is 7.88. The van der Waals surface area contributed by atoms with Gasteiger partial charge in [0.2, 0.25) is 0 Å². The Hall–Kier alpha value is -0.220. The topological polar surface area (TPSA) is 15.8 Å². The van der Waals surface area contributed by atoms with Gasteiger partial charge in [0, 0.05) is 11.0 Å². The van der Waals surface area contributed by atoms with Crippen LogP contribution in [0, 0.1) is 10.5 Å². The number of nitrogens with one attached hydrogen (secondary N) is 1. The minimum atomic E-state index is -0.375. The second kappa shape index (κ2) is 3.25. The predicted octanol–water partition coefficient (Wildman–Crippen LogP) is 2.78. The zero-order valence-corrected chi connectivity index (χ0v) is 7.43. The van der Waals surface area contributed by atoms with Gasteiger partial charge >= 0.3 is 0 Å². The Balaban J connectivity index is 3.17. The van der Waals surface area contributed by atoms with Crippen molar-refractivity contribution in [2.24, 2.45) is 0 Å². The van der Waals surface area contributed by atoms with Crippen molar-refractivity contribution in [2.75, 3.05) is 0 Å². The number of hydrogen-bond donors (Lipinski definition) is 1. The van der Waals surface area contributed by atoms with Gasteiger partial charge in [0.1, 0.15) is 4.64 Å². The molecule has 0 aromatic carbocycles. The van der Waals surface area contributed by atoms with E-state index in [4.69, 9.17) is 0 Å². The van der Waals surface area contributed by atoms with E-state index < -0.39 is 0 Å². The fourth-order valence-electron chi connectivity index (χ4n) is 0.575. The molecule has 0 aliphatic heterocycles. The van der Waals surface area contributed by atoms with Crippen LogP contribution >= 0.6 is 28.1 Å². The number of aromatic nitrogens is 1. The number of alkyl halides is 1. The standard InChI is InChI=1S/C6H5BrFNS/c7-3-4-1-2-5(8)6(10)9-4/h1-2H,3H2,(H,9,10). The van der Waals surface area contributed by atoms with Gasteiger partial charge in [-0.05, 0) is 12.1 Å². The number of halogens is 2. The average Bonchev–Trinajstić information content (AvgIpc) is 1.95. The van der Waals surface area contributed by atoms with Gasteiger partial charge in [0.25, 0.3) is 0 Å². The predicted molar refractivity (Wildman–Crippen MR) is 44.2 cm³/mol. The first-order valence-electron chi connectivity index (χ1n) is 2.67. The summed E-state index contributed by atoms with van der Waals surface area (Å²) in [6.45, 7) is 0. The monoisotopic (exact) mass is 221 g/mol. The van der Waals surface area contributed by atoms with Crippen LogP contribution in [-0.4, -0.2) is 4.98 Å². The van der Waals surface area contributed by atoms with E-state index in [1.807, 2.05) is 0 Å². The van der Waals surface area contributed by atoms with Crippen molar-refractivity contribution in [2.45, 2.75) is 5.33 Å². The van der Waals surface area contributed by atoms with Gasteiger partial charge in [0.05, 0.1) is 0 Å². The molecule has 1 aromatic rings. The number of pyridine rings is 1. The summed E-state index contributed by atoms with van der Waals surface area (Å²) in [5.41, 5.74) is 0.881. The lowest BCUT2D eigenvalue weighted by atomic mass is 10.4. The van der Waals surface area contributed by atoms with Crippen LogP contribution in [-0.2, 0) is 5.33 Å². The van der Waals surface area contributed by atoms with Crippen molar-refractivity contribution in [1.29, 1.82) is 0 Å². The minimum absolute atomic E-state index is 0.164. The van der Waals surface area contributed by atoms with Crippen LogP contribution in [0.2, 0.25) is 0 Å². The molecule has 0 saturated carbocycles. The highest BCUT2D eigenvalue weighted by Crippen LogP contribution is 2.04. The Morgan fingerprint density at radius 1 is 1.60 bits per heavy atom. The number of hydrogen-bond acceptors (Lipinski definition) is 1. The second-order valence-corrected chi connectivity index (χ2v) is 2.76. The summed E-state index contributed by atoms with van der Waals surface area (Å²) in [4.78, 5) is 2.72. The summed E-state index contributed by atoms with van der Waals surface area (Å²) in [5.74, 6) is -0.375. The molecule has 1 aromatic heterocycles. The van der Waals surface area contributed by atoms with E-state index in [-0.39, 0.29) is 10.5 Å².